The molecule has 2 fully saturated rings. The Labute approximate surface area is 190 Å². The maximum atomic E-state index is 13.3. The molecule has 0 saturated carbocycles. The quantitative estimate of drug-likeness (QED) is 0.637. The number of carbonyl (C=O) groups is 2. The van der Waals surface area contributed by atoms with E-state index in [1.807, 2.05) is 47.9 Å². The van der Waals surface area contributed by atoms with Gasteiger partial charge in [0.15, 0.2) is 0 Å². The molecular weight excluding hydrogens is 441 g/mol. The zero-order valence-electron chi connectivity index (χ0n) is 16.7. The highest BCUT2D eigenvalue weighted by molar-refractivity contribution is 8.00. The van der Waals surface area contributed by atoms with Crippen LogP contribution in [0.3, 0.4) is 0 Å². The lowest BCUT2D eigenvalue weighted by Gasteiger charge is -2.44. The third-order valence-electron chi connectivity index (χ3n) is 5.80. The zero-order valence-corrected chi connectivity index (χ0v) is 19.0. The monoisotopic (exact) mass is 463 g/mol. The summed E-state index contributed by atoms with van der Waals surface area (Å²) in [7, 11) is 0. The maximum Gasteiger partial charge on any atom is 0.321 e. The molecule has 5 nitrogen and oxygen atoms in total. The third kappa shape index (κ3) is 4.13. The highest BCUT2D eigenvalue weighted by atomic mass is 35.5. The minimum atomic E-state index is -0.242. The van der Waals surface area contributed by atoms with Gasteiger partial charge in [-0.25, -0.2) is 4.79 Å². The molecule has 0 aromatic heterocycles. The molecule has 30 heavy (non-hydrogen) atoms. The maximum absolute atomic E-state index is 13.3. The first-order chi connectivity index (χ1) is 14.4. The summed E-state index contributed by atoms with van der Waals surface area (Å²) in [5, 5.41) is 3.79. The Balaban J connectivity index is 1.43. The highest BCUT2D eigenvalue weighted by Gasteiger charge is 2.47. The largest absolute Gasteiger partial charge is 0.324 e. The fraction of sp³-hybridized carbons (Fsp3) is 0.364. The number of rotatable bonds is 2. The number of halogens is 2. The van der Waals surface area contributed by atoms with Gasteiger partial charge in [0.05, 0.1) is 15.6 Å². The van der Waals surface area contributed by atoms with Gasteiger partial charge in [-0.05, 0) is 49.6 Å². The van der Waals surface area contributed by atoms with Crippen molar-refractivity contribution in [1.82, 2.24) is 9.80 Å². The van der Waals surface area contributed by atoms with Gasteiger partial charge in [0.2, 0.25) is 0 Å². The molecule has 1 N–H and O–H groups in total. The van der Waals surface area contributed by atoms with E-state index in [2.05, 4.69) is 5.32 Å². The molecule has 4 rings (SSSR count). The summed E-state index contributed by atoms with van der Waals surface area (Å²) in [6.45, 7) is 3.88. The summed E-state index contributed by atoms with van der Waals surface area (Å²) in [6.07, 6.45) is 1.49. The van der Waals surface area contributed by atoms with Crippen LogP contribution in [0.25, 0.3) is 0 Å². The molecule has 2 aliphatic rings. The Kier molecular flexibility index (Phi) is 6.19. The van der Waals surface area contributed by atoms with Crippen LogP contribution in [0.4, 0.5) is 10.5 Å². The van der Waals surface area contributed by atoms with Crippen LogP contribution in [-0.2, 0) is 0 Å². The number of amides is 3. The Bertz CT molecular complexity index is 977. The first kappa shape index (κ1) is 21.3. The number of aryl methyl sites for hydroxylation is 1. The van der Waals surface area contributed by atoms with E-state index in [1.54, 1.807) is 23.1 Å². The molecule has 0 radical (unpaired) electrons. The molecule has 2 aromatic carbocycles. The molecule has 2 aromatic rings. The second-order valence-corrected chi connectivity index (χ2v) is 9.91. The number of anilines is 1. The van der Waals surface area contributed by atoms with Crippen LogP contribution in [0, 0.1) is 6.92 Å². The number of piperidine rings is 1. The number of nitrogens with one attached hydrogen (secondary N) is 1. The number of benzene rings is 2. The predicted molar refractivity (Wildman–Crippen MR) is 124 cm³/mol. The zero-order chi connectivity index (χ0) is 21.3. The number of hydrogen-bond acceptors (Lipinski definition) is 3. The Morgan fingerprint density at radius 2 is 1.80 bits per heavy atom. The fourth-order valence-corrected chi connectivity index (χ4v) is 6.02. The molecule has 0 atom stereocenters. The summed E-state index contributed by atoms with van der Waals surface area (Å²) in [4.78, 5) is 29.5. The molecule has 0 aliphatic carbocycles. The average molecular weight is 464 g/mol. The fourth-order valence-electron chi connectivity index (χ4n) is 4.11. The molecule has 2 saturated heterocycles. The van der Waals surface area contributed by atoms with Crippen LogP contribution in [0.15, 0.2) is 42.5 Å². The lowest BCUT2D eigenvalue weighted by molar-refractivity contribution is 0.0585. The first-order valence-corrected chi connectivity index (χ1v) is 11.7. The van der Waals surface area contributed by atoms with Crippen molar-refractivity contribution >= 4 is 52.6 Å². The summed E-state index contributed by atoms with van der Waals surface area (Å²) in [5.74, 6) is 1.01. The first-order valence-electron chi connectivity index (χ1n) is 9.92. The van der Waals surface area contributed by atoms with Gasteiger partial charge in [0.25, 0.3) is 5.91 Å². The van der Waals surface area contributed by atoms with Crippen molar-refractivity contribution in [2.75, 3.05) is 30.7 Å². The summed E-state index contributed by atoms with van der Waals surface area (Å²) in [5.41, 5.74) is 2.29. The second kappa shape index (κ2) is 8.69. The van der Waals surface area contributed by atoms with Gasteiger partial charge in [0.1, 0.15) is 0 Å². The molecule has 8 heteroatoms. The number of carbonyl (C=O) groups excluding carboxylic acids is 2. The number of nitrogens with zero attached hydrogens (tertiary/aromatic N) is 2. The van der Waals surface area contributed by atoms with Gasteiger partial charge >= 0.3 is 6.03 Å². The standard InChI is InChI=1S/C22H23Cl2N3O2S/c1-15-4-2-3-5-17(15)20(28)27-12-13-30-22(27)8-10-26(11-9-22)21(29)25-19-7-6-16(23)14-18(19)24/h2-7,14H,8-13H2,1H3,(H,25,29). The normalized spacial score (nSPS) is 18.0. The lowest BCUT2D eigenvalue weighted by Crippen LogP contribution is -2.54. The summed E-state index contributed by atoms with van der Waals surface area (Å²) >= 11 is 13.9. The van der Waals surface area contributed by atoms with E-state index in [-0.39, 0.29) is 16.8 Å². The van der Waals surface area contributed by atoms with Gasteiger partial charge in [-0.2, -0.15) is 0 Å². The predicted octanol–water partition coefficient (Wildman–Crippen LogP) is 5.52. The van der Waals surface area contributed by atoms with Crippen LogP contribution in [0.2, 0.25) is 10.0 Å². The summed E-state index contributed by atoms with van der Waals surface area (Å²) < 4.78 is 0. The Morgan fingerprint density at radius 3 is 2.50 bits per heavy atom. The van der Waals surface area contributed by atoms with E-state index in [0.717, 1.165) is 36.3 Å². The van der Waals surface area contributed by atoms with E-state index in [4.69, 9.17) is 23.2 Å². The molecule has 158 valence electrons. The molecule has 0 bridgehead atoms. The van der Waals surface area contributed by atoms with Crippen molar-refractivity contribution < 1.29 is 9.59 Å². The van der Waals surface area contributed by atoms with Crippen molar-refractivity contribution in [3.05, 3.63) is 63.6 Å². The van der Waals surface area contributed by atoms with Crippen LogP contribution >= 0.6 is 35.0 Å². The Morgan fingerprint density at radius 1 is 1.07 bits per heavy atom. The number of hydrogen-bond donors (Lipinski definition) is 1. The topological polar surface area (TPSA) is 52.7 Å². The number of thioether (sulfide) groups is 1. The van der Waals surface area contributed by atoms with Crippen molar-refractivity contribution in [3.8, 4) is 0 Å². The van der Waals surface area contributed by atoms with E-state index in [1.165, 1.54) is 0 Å². The van der Waals surface area contributed by atoms with Gasteiger partial charge in [0, 0.05) is 36.0 Å². The van der Waals surface area contributed by atoms with E-state index in [9.17, 15) is 9.59 Å². The third-order valence-corrected chi connectivity index (χ3v) is 7.90. The smallest absolute Gasteiger partial charge is 0.321 e. The second-order valence-electron chi connectivity index (χ2n) is 7.61. The van der Waals surface area contributed by atoms with Crippen LogP contribution < -0.4 is 5.32 Å². The number of likely N-dealkylation sites (tertiary alicyclic amines) is 1. The van der Waals surface area contributed by atoms with E-state index >= 15 is 0 Å². The SMILES string of the molecule is Cc1ccccc1C(=O)N1CCSC12CCN(C(=O)Nc1ccc(Cl)cc1Cl)CC2. The van der Waals surface area contributed by atoms with Crippen molar-refractivity contribution in [1.29, 1.82) is 0 Å². The van der Waals surface area contributed by atoms with Gasteiger partial charge < -0.3 is 15.1 Å². The molecular formula is C22H23Cl2N3O2S. The van der Waals surface area contributed by atoms with Crippen LogP contribution in [-0.4, -0.2) is 52.0 Å². The molecule has 1 spiro atoms. The van der Waals surface area contributed by atoms with E-state index < -0.39 is 0 Å². The van der Waals surface area contributed by atoms with Crippen molar-refractivity contribution in [3.63, 3.8) is 0 Å². The minimum absolute atomic E-state index is 0.0870. The van der Waals surface area contributed by atoms with Gasteiger partial charge in [-0.15, -0.1) is 11.8 Å². The summed E-state index contributed by atoms with van der Waals surface area (Å²) in [6, 6.07) is 12.5. The van der Waals surface area contributed by atoms with E-state index in [0.29, 0.717) is 28.8 Å². The highest BCUT2D eigenvalue weighted by Crippen LogP contribution is 2.44. The van der Waals surface area contributed by atoms with Crippen molar-refractivity contribution in [2.24, 2.45) is 0 Å². The number of urea groups is 1. The Hall–Kier alpha value is -1.89. The lowest BCUT2D eigenvalue weighted by atomic mass is 10.00. The van der Waals surface area contributed by atoms with Crippen molar-refractivity contribution in [2.45, 2.75) is 24.6 Å². The average Bonchev–Trinajstić information content (AvgIpc) is 3.13. The molecule has 2 aliphatic heterocycles. The molecule has 2 heterocycles. The van der Waals surface area contributed by atoms with Crippen LogP contribution in [0.5, 0.6) is 0 Å². The van der Waals surface area contributed by atoms with Gasteiger partial charge in [-0.1, -0.05) is 41.4 Å². The minimum Gasteiger partial charge on any atom is -0.324 e. The molecule has 0 unspecified atom stereocenters. The van der Waals surface area contributed by atoms with Gasteiger partial charge in [-0.3, -0.25) is 4.79 Å². The molecule has 3 amide bonds. The van der Waals surface area contributed by atoms with Crippen LogP contribution in [0.1, 0.15) is 28.8 Å².